The molecule has 0 spiro atoms. The molecule has 1 N–H and O–H groups in total. The topological polar surface area (TPSA) is 59.1 Å². The van der Waals surface area contributed by atoms with E-state index in [4.69, 9.17) is 0 Å². The van der Waals surface area contributed by atoms with Crippen molar-refractivity contribution >= 4 is 40.1 Å². The maximum atomic E-state index is 12.5. The second-order valence-corrected chi connectivity index (χ2v) is 6.82. The van der Waals surface area contributed by atoms with Gasteiger partial charge in [0, 0.05) is 22.2 Å². The first kappa shape index (κ1) is 15.6. The van der Waals surface area contributed by atoms with Gasteiger partial charge in [0.25, 0.3) is 5.91 Å². The summed E-state index contributed by atoms with van der Waals surface area (Å²) in [7, 11) is 0. The van der Waals surface area contributed by atoms with Gasteiger partial charge in [-0.25, -0.2) is 4.98 Å². The summed E-state index contributed by atoms with van der Waals surface area (Å²) in [5.41, 5.74) is 2.91. The Kier molecular flexibility index (Phi) is 4.36. The van der Waals surface area contributed by atoms with Crippen molar-refractivity contribution < 1.29 is 9.59 Å². The van der Waals surface area contributed by atoms with E-state index >= 15 is 0 Å². The number of rotatable bonds is 4. The molecule has 6 heteroatoms. The molecule has 0 atom stereocenters. The first-order chi connectivity index (χ1) is 11.0. The van der Waals surface area contributed by atoms with Crippen LogP contribution in [0.3, 0.4) is 0 Å². The number of hydrogen-bond acceptors (Lipinski definition) is 5. The lowest BCUT2D eigenvalue weighted by atomic mass is 10.1. The van der Waals surface area contributed by atoms with Gasteiger partial charge in [-0.1, -0.05) is 12.1 Å². The Morgan fingerprint density at radius 3 is 2.74 bits per heavy atom. The van der Waals surface area contributed by atoms with Crippen molar-refractivity contribution in [3.63, 3.8) is 0 Å². The minimum atomic E-state index is -0.206. The minimum Gasteiger partial charge on any atom is -0.321 e. The van der Waals surface area contributed by atoms with Gasteiger partial charge in [-0.3, -0.25) is 9.59 Å². The highest BCUT2D eigenvalue weighted by Crippen LogP contribution is 2.29. The molecule has 116 valence electrons. The number of thiazole rings is 1. The number of carbonyl (C=O) groups excluding carboxylic acids is 2. The van der Waals surface area contributed by atoms with E-state index < -0.39 is 0 Å². The molecule has 3 aromatic rings. The van der Waals surface area contributed by atoms with Crippen LogP contribution < -0.4 is 5.32 Å². The lowest BCUT2D eigenvalue weighted by Crippen LogP contribution is -2.11. The Morgan fingerprint density at radius 1 is 1.22 bits per heavy atom. The predicted octanol–water partition coefficient (Wildman–Crippen LogP) is 4.63. The third-order valence-electron chi connectivity index (χ3n) is 3.30. The Labute approximate surface area is 141 Å². The third-order valence-corrected chi connectivity index (χ3v) is 5.19. The van der Waals surface area contributed by atoms with Crippen LogP contribution in [0.4, 0.5) is 5.69 Å². The Bertz CT molecular complexity index is 867. The van der Waals surface area contributed by atoms with E-state index in [2.05, 4.69) is 10.3 Å². The summed E-state index contributed by atoms with van der Waals surface area (Å²) < 4.78 is 0. The van der Waals surface area contributed by atoms with Crippen LogP contribution in [-0.4, -0.2) is 16.7 Å². The molecule has 0 aliphatic heterocycles. The molecule has 0 aliphatic rings. The van der Waals surface area contributed by atoms with Crippen molar-refractivity contribution in [2.24, 2.45) is 0 Å². The van der Waals surface area contributed by atoms with Gasteiger partial charge in [0.2, 0.25) is 0 Å². The number of hydrogen-bond donors (Lipinski definition) is 1. The smallest absolute Gasteiger partial charge is 0.267 e. The van der Waals surface area contributed by atoms with Crippen LogP contribution in [-0.2, 0) is 0 Å². The molecular formula is C17H14N2O2S2. The molecule has 0 saturated carbocycles. The van der Waals surface area contributed by atoms with Crippen LogP contribution in [0.2, 0.25) is 0 Å². The normalized spacial score (nSPS) is 10.5. The molecule has 2 heterocycles. The highest BCUT2D eigenvalue weighted by Gasteiger charge is 2.17. The van der Waals surface area contributed by atoms with E-state index in [9.17, 15) is 9.59 Å². The summed E-state index contributed by atoms with van der Waals surface area (Å²) in [4.78, 5) is 29.0. The molecule has 23 heavy (non-hydrogen) atoms. The molecule has 0 fully saturated rings. The van der Waals surface area contributed by atoms with Crippen molar-refractivity contribution in [1.29, 1.82) is 0 Å². The molecular weight excluding hydrogens is 328 g/mol. The molecule has 0 unspecified atom stereocenters. The molecule has 3 rings (SSSR count). The van der Waals surface area contributed by atoms with Gasteiger partial charge in [0.15, 0.2) is 5.78 Å². The average molecular weight is 342 g/mol. The molecule has 0 radical (unpaired) electrons. The summed E-state index contributed by atoms with van der Waals surface area (Å²) in [5, 5.41) is 7.67. The van der Waals surface area contributed by atoms with E-state index in [1.165, 1.54) is 18.3 Å². The highest BCUT2D eigenvalue weighted by molar-refractivity contribution is 7.17. The highest BCUT2D eigenvalue weighted by atomic mass is 32.1. The maximum Gasteiger partial charge on any atom is 0.267 e. The van der Waals surface area contributed by atoms with Crippen LogP contribution >= 0.6 is 22.7 Å². The van der Waals surface area contributed by atoms with Crippen LogP contribution in [0.5, 0.6) is 0 Å². The molecule has 1 amide bonds. The number of nitrogens with zero attached hydrogens (tertiary/aromatic N) is 1. The van der Waals surface area contributed by atoms with Crippen molar-refractivity contribution in [1.82, 2.24) is 4.98 Å². The largest absolute Gasteiger partial charge is 0.321 e. The van der Waals surface area contributed by atoms with Gasteiger partial charge >= 0.3 is 0 Å². The number of Topliss-reactive ketones (excluding diaryl/α,β-unsaturated/α-hetero) is 1. The lowest BCUT2D eigenvalue weighted by molar-refractivity contribution is 0.101. The zero-order valence-electron chi connectivity index (χ0n) is 12.6. The number of thiophene rings is 1. The average Bonchev–Trinajstić information content (AvgIpc) is 3.16. The van der Waals surface area contributed by atoms with Crippen LogP contribution in [0, 0.1) is 6.92 Å². The number of nitrogens with one attached hydrogen (secondary N) is 1. The Morgan fingerprint density at radius 2 is 2.04 bits per heavy atom. The van der Waals surface area contributed by atoms with Gasteiger partial charge in [-0.2, -0.15) is 11.3 Å². The van der Waals surface area contributed by atoms with Crippen molar-refractivity contribution in [2.45, 2.75) is 13.8 Å². The zero-order chi connectivity index (χ0) is 16.4. The molecule has 0 saturated heterocycles. The standard InChI is InChI=1S/C17H14N2O2S2/c1-10-15(23-17(18-10)13-6-7-22-9-13)16(21)19-14-5-3-4-12(8-14)11(2)20/h3-9H,1-2H3,(H,19,21). The fourth-order valence-electron chi connectivity index (χ4n) is 2.12. The van der Waals surface area contributed by atoms with Gasteiger partial charge in [-0.05, 0) is 37.4 Å². The summed E-state index contributed by atoms with van der Waals surface area (Å²) >= 11 is 2.97. The summed E-state index contributed by atoms with van der Waals surface area (Å²) in [6.45, 7) is 3.33. The first-order valence-corrected chi connectivity index (χ1v) is 8.73. The van der Waals surface area contributed by atoms with E-state index in [0.29, 0.717) is 21.8 Å². The number of amides is 1. The monoisotopic (exact) mass is 342 g/mol. The zero-order valence-corrected chi connectivity index (χ0v) is 14.3. The second kappa shape index (κ2) is 6.44. The van der Waals surface area contributed by atoms with Crippen LogP contribution in [0.1, 0.15) is 32.6 Å². The Balaban J connectivity index is 1.84. The number of ketones is 1. The summed E-state index contributed by atoms with van der Waals surface area (Å²) in [6, 6.07) is 8.91. The lowest BCUT2D eigenvalue weighted by Gasteiger charge is -2.05. The molecule has 2 aromatic heterocycles. The fraction of sp³-hybridized carbons (Fsp3) is 0.118. The van der Waals surface area contributed by atoms with Gasteiger partial charge in [-0.15, -0.1) is 11.3 Å². The quantitative estimate of drug-likeness (QED) is 0.703. The van der Waals surface area contributed by atoms with Crippen molar-refractivity contribution in [2.75, 3.05) is 5.32 Å². The Hall–Kier alpha value is -2.31. The second-order valence-electron chi connectivity index (χ2n) is 5.04. The third kappa shape index (κ3) is 3.38. The van der Waals surface area contributed by atoms with Crippen LogP contribution in [0.25, 0.3) is 10.6 Å². The molecule has 4 nitrogen and oxygen atoms in total. The number of anilines is 1. The molecule has 0 aliphatic carbocycles. The number of aromatic nitrogens is 1. The number of aryl methyl sites for hydroxylation is 1. The first-order valence-electron chi connectivity index (χ1n) is 6.97. The van der Waals surface area contributed by atoms with E-state index in [-0.39, 0.29) is 11.7 Å². The molecule has 0 bridgehead atoms. The van der Waals surface area contributed by atoms with E-state index in [1.54, 1.807) is 35.6 Å². The minimum absolute atomic E-state index is 0.0326. The van der Waals surface area contributed by atoms with Crippen molar-refractivity contribution in [3.05, 3.63) is 57.2 Å². The SMILES string of the molecule is CC(=O)c1cccc(NC(=O)c2sc(-c3ccsc3)nc2C)c1. The summed E-state index contributed by atoms with van der Waals surface area (Å²) in [6.07, 6.45) is 0. The number of benzene rings is 1. The maximum absolute atomic E-state index is 12.5. The van der Waals surface area contributed by atoms with Gasteiger partial charge < -0.3 is 5.32 Å². The van der Waals surface area contributed by atoms with Gasteiger partial charge in [0.05, 0.1) is 5.69 Å². The van der Waals surface area contributed by atoms with Gasteiger partial charge in [0.1, 0.15) is 9.88 Å². The van der Waals surface area contributed by atoms with Crippen LogP contribution in [0.15, 0.2) is 41.1 Å². The molecule has 1 aromatic carbocycles. The van der Waals surface area contributed by atoms with E-state index in [0.717, 1.165) is 10.6 Å². The van der Waals surface area contributed by atoms with E-state index in [1.807, 2.05) is 23.8 Å². The number of carbonyl (C=O) groups is 2. The predicted molar refractivity (Wildman–Crippen MR) is 94.6 cm³/mol. The van der Waals surface area contributed by atoms with Crippen molar-refractivity contribution in [3.8, 4) is 10.6 Å². The summed E-state index contributed by atoms with van der Waals surface area (Å²) in [5.74, 6) is -0.239. The fourth-order valence-corrected chi connectivity index (χ4v) is 3.79.